The van der Waals surface area contributed by atoms with Crippen molar-refractivity contribution in [2.24, 2.45) is 0 Å². The first-order valence-electron chi connectivity index (χ1n) is 5.15. The molecule has 0 saturated heterocycles. The van der Waals surface area contributed by atoms with E-state index in [4.69, 9.17) is 10.4 Å². The van der Waals surface area contributed by atoms with E-state index in [0.29, 0.717) is 5.69 Å². The van der Waals surface area contributed by atoms with Gasteiger partial charge in [-0.15, -0.1) is 0 Å². The van der Waals surface area contributed by atoms with Gasteiger partial charge in [0.25, 0.3) is 5.91 Å². The van der Waals surface area contributed by atoms with E-state index in [1.54, 1.807) is 6.07 Å². The second-order valence-corrected chi connectivity index (χ2v) is 3.41. The smallest absolute Gasteiger partial charge is 0.322 e. The molecule has 6 nitrogen and oxygen atoms in total. The van der Waals surface area contributed by atoms with Crippen molar-refractivity contribution < 1.29 is 19.1 Å². The summed E-state index contributed by atoms with van der Waals surface area (Å²) in [6, 6.07) is 6.63. The third-order valence-corrected chi connectivity index (χ3v) is 1.97. The molecule has 7 heteroatoms. The maximum Gasteiger partial charge on any atom is 0.322 e. The topological polar surface area (TPSA) is 102 Å². The van der Waals surface area contributed by atoms with Crippen molar-refractivity contribution in [2.75, 3.05) is 11.9 Å². The number of nitrogens with one attached hydrogen (secondary N) is 2. The number of carbonyl (C=O) groups is 2. The lowest BCUT2D eigenvalue weighted by Gasteiger charge is -2.04. The highest BCUT2D eigenvalue weighted by atomic mass is 19.1. The van der Waals surface area contributed by atoms with E-state index in [-0.39, 0.29) is 5.57 Å². The molecule has 1 rings (SSSR count). The van der Waals surface area contributed by atoms with Gasteiger partial charge >= 0.3 is 5.97 Å². The Morgan fingerprint density at radius 1 is 1.37 bits per heavy atom. The second kappa shape index (κ2) is 6.76. The van der Waals surface area contributed by atoms with E-state index in [0.717, 1.165) is 18.3 Å². The molecule has 0 bridgehead atoms. The van der Waals surface area contributed by atoms with Gasteiger partial charge in [-0.2, -0.15) is 5.26 Å². The number of carbonyl (C=O) groups excluding carboxylic acids is 1. The second-order valence-electron chi connectivity index (χ2n) is 3.41. The molecule has 1 aromatic rings. The number of halogens is 1. The largest absolute Gasteiger partial charge is 0.480 e. The van der Waals surface area contributed by atoms with Crippen molar-refractivity contribution >= 4 is 17.6 Å². The van der Waals surface area contributed by atoms with E-state index in [2.05, 4.69) is 10.6 Å². The number of rotatable bonds is 5. The third kappa shape index (κ3) is 4.87. The average molecular weight is 263 g/mol. The van der Waals surface area contributed by atoms with Gasteiger partial charge in [-0.05, 0) is 24.3 Å². The predicted octanol–water partition coefficient (Wildman–Crippen LogP) is 0.846. The monoisotopic (exact) mass is 263 g/mol. The molecule has 0 radical (unpaired) electrons. The number of aliphatic carboxylic acids is 1. The van der Waals surface area contributed by atoms with Crippen molar-refractivity contribution in [3.8, 4) is 6.07 Å². The van der Waals surface area contributed by atoms with E-state index < -0.39 is 24.2 Å². The molecule has 0 aromatic heterocycles. The Hall–Kier alpha value is -2.88. The lowest BCUT2D eigenvalue weighted by atomic mass is 10.2. The zero-order valence-electron chi connectivity index (χ0n) is 9.68. The Balaban J connectivity index is 2.66. The van der Waals surface area contributed by atoms with Crippen molar-refractivity contribution in [3.63, 3.8) is 0 Å². The van der Waals surface area contributed by atoms with Crippen LogP contribution in [0, 0.1) is 17.1 Å². The highest BCUT2D eigenvalue weighted by Gasteiger charge is 2.09. The number of benzene rings is 1. The number of amides is 1. The summed E-state index contributed by atoms with van der Waals surface area (Å²) in [4.78, 5) is 21.9. The maximum atomic E-state index is 12.6. The standard InChI is InChI=1S/C12H10FN3O3/c13-9-1-3-10(4-2-9)16-12(19)8(5-14)6-15-7-11(17)18/h1-4,6,15H,7H2,(H,16,19)(H,17,18)/b8-6-. The van der Waals surface area contributed by atoms with Crippen LogP contribution < -0.4 is 10.6 Å². The molecule has 3 N–H and O–H groups in total. The Bertz CT molecular complexity index is 546. The SMILES string of the molecule is N#C/C(=C/NCC(=O)O)C(=O)Nc1ccc(F)cc1. The fraction of sp³-hybridized carbons (Fsp3) is 0.0833. The number of carboxylic acid groups (broad SMARTS) is 1. The van der Waals surface area contributed by atoms with Gasteiger partial charge in [0.15, 0.2) is 0 Å². The molecule has 0 atom stereocenters. The average Bonchev–Trinajstić information content (AvgIpc) is 2.37. The number of carboxylic acids is 1. The van der Waals surface area contributed by atoms with Crippen molar-refractivity contribution in [1.29, 1.82) is 5.26 Å². The molecule has 0 unspecified atom stereocenters. The van der Waals surface area contributed by atoms with Gasteiger partial charge < -0.3 is 15.7 Å². The van der Waals surface area contributed by atoms with Crippen LogP contribution in [0.15, 0.2) is 36.0 Å². The molecule has 1 amide bonds. The van der Waals surface area contributed by atoms with Crippen LogP contribution in [-0.2, 0) is 9.59 Å². The van der Waals surface area contributed by atoms with Crippen LogP contribution >= 0.6 is 0 Å². The minimum Gasteiger partial charge on any atom is -0.480 e. The summed E-state index contributed by atoms with van der Waals surface area (Å²) in [6.07, 6.45) is 1.01. The summed E-state index contributed by atoms with van der Waals surface area (Å²) in [6.45, 7) is -0.408. The first kappa shape index (κ1) is 14.2. The lowest BCUT2D eigenvalue weighted by Crippen LogP contribution is -2.20. The number of nitriles is 1. The molecule has 0 aliphatic carbocycles. The molecule has 0 aliphatic heterocycles. The zero-order chi connectivity index (χ0) is 14.3. The summed E-state index contributed by atoms with van der Waals surface area (Å²) in [7, 11) is 0. The van der Waals surface area contributed by atoms with Crippen LogP contribution in [0.1, 0.15) is 0 Å². The summed E-state index contributed by atoms with van der Waals surface area (Å²) in [5.41, 5.74) is 0.0383. The first-order valence-corrected chi connectivity index (χ1v) is 5.15. The van der Waals surface area contributed by atoms with Crippen molar-refractivity contribution in [3.05, 3.63) is 41.9 Å². The molecular weight excluding hydrogens is 253 g/mol. The molecule has 0 spiro atoms. The predicted molar refractivity (Wildman–Crippen MR) is 64.4 cm³/mol. The lowest BCUT2D eigenvalue weighted by molar-refractivity contribution is -0.135. The summed E-state index contributed by atoms with van der Waals surface area (Å²) in [5, 5.41) is 21.8. The molecular formula is C12H10FN3O3. The van der Waals surface area contributed by atoms with Crippen LogP contribution in [0.25, 0.3) is 0 Å². The summed E-state index contributed by atoms with van der Waals surface area (Å²) < 4.78 is 12.6. The quantitative estimate of drug-likeness (QED) is 0.539. The molecule has 0 aliphatic rings. The number of hydrogen-bond acceptors (Lipinski definition) is 4. The minimum atomic E-state index is -1.12. The Morgan fingerprint density at radius 3 is 2.53 bits per heavy atom. The minimum absolute atomic E-state index is 0.287. The number of anilines is 1. The van der Waals surface area contributed by atoms with Crippen LogP contribution in [0.2, 0.25) is 0 Å². The van der Waals surface area contributed by atoms with Crippen LogP contribution in [-0.4, -0.2) is 23.5 Å². The Labute approximate surface area is 108 Å². The van der Waals surface area contributed by atoms with Gasteiger partial charge in [-0.3, -0.25) is 9.59 Å². The highest BCUT2D eigenvalue weighted by molar-refractivity contribution is 6.06. The van der Waals surface area contributed by atoms with Crippen LogP contribution in [0.5, 0.6) is 0 Å². The van der Waals surface area contributed by atoms with E-state index >= 15 is 0 Å². The first-order chi connectivity index (χ1) is 9.02. The molecule has 19 heavy (non-hydrogen) atoms. The molecule has 98 valence electrons. The fourth-order valence-corrected chi connectivity index (χ4v) is 1.12. The van der Waals surface area contributed by atoms with Gasteiger partial charge in [0, 0.05) is 11.9 Å². The van der Waals surface area contributed by atoms with Gasteiger partial charge in [0.2, 0.25) is 0 Å². The summed E-state index contributed by atoms with van der Waals surface area (Å²) >= 11 is 0. The maximum absolute atomic E-state index is 12.6. The van der Waals surface area contributed by atoms with Crippen molar-refractivity contribution in [2.45, 2.75) is 0 Å². The molecule has 0 heterocycles. The van der Waals surface area contributed by atoms with Crippen molar-refractivity contribution in [1.82, 2.24) is 5.32 Å². The Morgan fingerprint density at radius 2 is 2.00 bits per heavy atom. The zero-order valence-corrected chi connectivity index (χ0v) is 9.68. The Kier molecular flexibility index (Phi) is 5.04. The van der Waals surface area contributed by atoms with E-state index in [1.807, 2.05) is 0 Å². The van der Waals surface area contributed by atoms with E-state index in [9.17, 15) is 14.0 Å². The van der Waals surface area contributed by atoms with Crippen LogP contribution in [0.3, 0.4) is 0 Å². The third-order valence-electron chi connectivity index (χ3n) is 1.97. The summed E-state index contributed by atoms with van der Waals surface area (Å²) in [5.74, 6) is -2.28. The normalized spacial score (nSPS) is 10.4. The highest BCUT2D eigenvalue weighted by Crippen LogP contribution is 2.09. The van der Waals surface area contributed by atoms with Gasteiger partial charge in [-0.25, -0.2) is 4.39 Å². The van der Waals surface area contributed by atoms with Gasteiger partial charge in [0.05, 0.1) is 0 Å². The molecule has 0 saturated carbocycles. The molecule has 0 fully saturated rings. The molecule has 1 aromatic carbocycles. The van der Waals surface area contributed by atoms with Gasteiger partial charge in [0.1, 0.15) is 24.0 Å². The number of hydrogen-bond donors (Lipinski definition) is 3. The van der Waals surface area contributed by atoms with E-state index in [1.165, 1.54) is 12.1 Å². The van der Waals surface area contributed by atoms with Gasteiger partial charge in [-0.1, -0.05) is 0 Å². The number of nitrogens with zero attached hydrogens (tertiary/aromatic N) is 1. The van der Waals surface area contributed by atoms with Crippen LogP contribution in [0.4, 0.5) is 10.1 Å². The fourth-order valence-electron chi connectivity index (χ4n) is 1.12.